The third-order valence-corrected chi connectivity index (χ3v) is 1.35. The molecule has 0 saturated heterocycles. The summed E-state index contributed by atoms with van der Waals surface area (Å²) in [6, 6.07) is 3.93. The molecule has 0 heterocycles. The number of anilines is 1. The molecule has 0 atom stereocenters. The van der Waals surface area contributed by atoms with E-state index in [1.165, 1.54) is 18.2 Å². The van der Waals surface area contributed by atoms with Crippen molar-refractivity contribution >= 4 is 17.3 Å². The summed E-state index contributed by atoms with van der Waals surface area (Å²) < 4.78 is 0. The lowest BCUT2D eigenvalue weighted by molar-refractivity contribution is 0.0697. The van der Waals surface area contributed by atoms with Gasteiger partial charge in [0, 0.05) is 16.3 Å². The minimum absolute atomic E-state index is 0.00222. The van der Waals surface area contributed by atoms with Crippen molar-refractivity contribution in [2.45, 2.75) is 0 Å². The first-order valence-electron chi connectivity index (χ1n) is 3.32. The fourth-order valence-corrected chi connectivity index (χ4v) is 0.867. The van der Waals surface area contributed by atoms with E-state index in [-0.39, 0.29) is 16.9 Å². The third kappa shape index (κ3) is 2.11. The van der Waals surface area contributed by atoms with Crippen LogP contribution in [0.5, 0.6) is 0 Å². The van der Waals surface area contributed by atoms with Gasteiger partial charge in [0.05, 0.1) is 5.56 Å². The number of nitrogens with zero attached hydrogens (tertiary/aromatic N) is 3. The summed E-state index contributed by atoms with van der Waals surface area (Å²) in [6.45, 7) is 0. The van der Waals surface area contributed by atoms with Crippen molar-refractivity contribution in [1.29, 1.82) is 0 Å². The van der Waals surface area contributed by atoms with Gasteiger partial charge in [-0.05, 0) is 23.7 Å². The van der Waals surface area contributed by atoms with Gasteiger partial charge in [0.1, 0.15) is 0 Å². The summed E-state index contributed by atoms with van der Waals surface area (Å²) in [5, 5.41) is 11.9. The zero-order chi connectivity index (χ0) is 9.84. The summed E-state index contributed by atoms with van der Waals surface area (Å²) in [4.78, 5) is 13.0. The predicted molar refractivity (Wildman–Crippen MR) is 46.6 cm³/mol. The number of hydrogen-bond donors (Lipinski definition) is 2. The number of carbonyl (C=O) groups is 1. The van der Waals surface area contributed by atoms with Gasteiger partial charge in [-0.25, -0.2) is 4.79 Å². The molecule has 0 aliphatic heterocycles. The van der Waals surface area contributed by atoms with Crippen LogP contribution in [-0.2, 0) is 0 Å². The van der Waals surface area contributed by atoms with Crippen molar-refractivity contribution in [3.63, 3.8) is 0 Å². The van der Waals surface area contributed by atoms with E-state index in [1.807, 2.05) is 0 Å². The summed E-state index contributed by atoms with van der Waals surface area (Å²) in [5.74, 6) is -1.11. The second-order valence-electron chi connectivity index (χ2n) is 2.31. The van der Waals surface area contributed by atoms with Crippen molar-refractivity contribution in [3.05, 3.63) is 34.2 Å². The van der Waals surface area contributed by atoms with Gasteiger partial charge in [0.2, 0.25) is 0 Å². The topological polar surface area (TPSA) is 112 Å². The van der Waals surface area contributed by atoms with Gasteiger partial charge in [0.25, 0.3) is 0 Å². The molecule has 6 nitrogen and oxygen atoms in total. The summed E-state index contributed by atoms with van der Waals surface area (Å²) >= 11 is 0. The van der Waals surface area contributed by atoms with E-state index in [9.17, 15) is 4.79 Å². The second kappa shape index (κ2) is 3.46. The highest BCUT2D eigenvalue weighted by Gasteiger charge is 2.04. The average Bonchev–Trinajstić information content (AvgIpc) is 2.03. The van der Waals surface area contributed by atoms with Gasteiger partial charge in [-0.15, -0.1) is 0 Å². The van der Waals surface area contributed by atoms with Crippen LogP contribution in [0, 0.1) is 0 Å². The first kappa shape index (κ1) is 8.89. The van der Waals surface area contributed by atoms with E-state index in [1.54, 1.807) is 0 Å². The lowest BCUT2D eigenvalue weighted by Crippen LogP contribution is -1.97. The Kier molecular flexibility index (Phi) is 2.37. The Morgan fingerprint density at radius 2 is 2.23 bits per heavy atom. The molecular weight excluding hydrogens is 172 g/mol. The lowest BCUT2D eigenvalue weighted by atomic mass is 10.2. The molecule has 0 aliphatic carbocycles. The second-order valence-corrected chi connectivity index (χ2v) is 2.31. The maximum absolute atomic E-state index is 10.5. The van der Waals surface area contributed by atoms with Gasteiger partial charge in [-0.2, -0.15) is 0 Å². The van der Waals surface area contributed by atoms with E-state index in [0.29, 0.717) is 0 Å². The van der Waals surface area contributed by atoms with E-state index in [2.05, 4.69) is 10.0 Å². The van der Waals surface area contributed by atoms with Gasteiger partial charge in [0.15, 0.2) is 0 Å². The zero-order valence-electron chi connectivity index (χ0n) is 6.51. The maximum atomic E-state index is 10.5. The number of rotatable bonds is 2. The zero-order valence-corrected chi connectivity index (χ0v) is 6.51. The van der Waals surface area contributed by atoms with E-state index in [4.69, 9.17) is 16.4 Å². The van der Waals surface area contributed by atoms with Crippen molar-refractivity contribution < 1.29 is 9.90 Å². The predicted octanol–water partition coefficient (Wildman–Crippen LogP) is 1.91. The molecule has 0 bridgehead atoms. The fourth-order valence-electron chi connectivity index (χ4n) is 0.867. The van der Waals surface area contributed by atoms with Gasteiger partial charge in [-0.1, -0.05) is 5.11 Å². The van der Waals surface area contributed by atoms with E-state index >= 15 is 0 Å². The summed E-state index contributed by atoms with van der Waals surface area (Å²) in [5.41, 5.74) is 13.9. The Balaban J connectivity index is 3.26. The molecule has 0 spiro atoms. The molecule has 0 fully saturated rings. The summed E-state index contributed by atoms with van der Waals surface area (Å²) in [6.07, 6.45) is 0. The third-order valence-electron chi connectivity index (χ3n) is 1.35. The molecule has 0 aliphatic rings. The summed E-state index contributed by atoms with van der Waals surface area (Å²) in [7, 11) is 0. The van der Waals surface area contributed by atoms with E-state index < -0.39 is 5.97 Å². The van der Waals surface area contributed by atoms with Crippen molar-refractivity contribution in [2.24, 2.45) is 5.11 Å². The van der Waals surface area contributed by atoms with Crippen LogP contribution < -0.4 is 5.73 Å². The Labute approximate surface area is 73.2 Å². The Morgan fingerprint density at radius 3 is 2.77 bits per heavy atom. The molecule has 1 aromatic carbocycles. The maximum Gasteiger partial charge on any atom is 0.335 e. The first-order chi connectivity index (χ1) is 6.13. The average molecular weight is 178 g/mol. The molecule has 1 aromatic rings. The molecular formula is C7H6N4O2. The highest BCUT2D eigenvalue weighted by atomic mass is 16.4. The Morgan fingerprint density at radius 1 is 1.54 bits per heavy atom. The highest BCUT2D eigenvalue weighted by Crippen LogP contribution is 2.19. The van der Waals surface area contributed by atoms with Crippen molar-refractivity contribution in [1.82, 2.24) is 0 Å². The van der Waals surface area contributed by atoms with Crippen molar-refractivity contribution in [2.75, 3.05) is 5.73 Å². The monoisotopic (exact) mass is 178 g/mol. The number of hydrogen-bond acceptors (Lipinski definition) is 3. The first-order valence-corrected chi connectivity index (χ1v) is 3.32. The molecule has 6 heteroatoms. The Hall–Kier alpha value is -2.20. The molecule has 0 saturated carbocycles. The molecule has 1 rings (SSSR count). The normalized spacial score (nSPS) is 8.92. The molecule has 66 valence electrons. The highest BCUT2D eigenvalue weighted by molar-refractivity contribution is 5.90. The van der Waals surface area contributed by atoms with Crippen LogP contribution in [0.1, 0.15) is 10.4 Å². The van der Waals surface area contributed by atoms with Crippen molar-refractivity contribution in [3.8, 4) is 0 Å². The number of carboxylic acid groups (broad SMARTS) is 1. The van der Waals surface area contributed by atoms with Gasteiger partial charge in [-0.3, -0.25) is 0 Å². The number of nitrogens with two attached hydrogens (primary N) is 1. The van der Waals surface area contributed by atoms with Crippen LogP contribution in [0.3, 0.4) is 0 Å². The number of carboxylic acids is 1. The van der Waals surface area contributed by atoms with Gasteiger partial charge < -0.3 is 10.8 Å². The SMILES string of the molecule is [N-]=[N+]=Nc1cc(N)cc(C(=O)O)c1. The smallest absolute Gasteiger partial charge is 0.335 e. The molecule has 13 heavy (non-hydrogen) atoms. The molecule has 3 N–H and O–H groups in total. The van der Waals surface area contributed by atoms with Crippen LogP contribution in [0.2, 0.25) is 0 Å². The van der Waals surface area contributed by atoms with Crippen LogP contribution in [0.4, 0.5) is 11.4 Å². The standard InChI is InChI=1S/C7H6N4O2/c8-5-1-4(7(12)13)2-6(3-5)10-11-9/h1-3H,8H2,(H,12,13). The molecule has 0 amide bonds. The van der Waals surface area contributed by atoms with Gasteiger partial charge >= 0.3 is 5.97 Å². The minimum Gasteiger partial charge on any atom is -0.478 e. The van der Waals surface area contributed by atoms with Crippen LogP contribution >= 0.6 is 0 Å². The molecule has 0 unspecified atom stereocenters. The van der Waals surface area contributed by atoms with Crippen LogP contribution in [-0.4, -0.2) is 11.1 Å². The van der Waals surface area contributed by atoms with Crippen LogP contribution in [0.15, 0.2) is 23.3 Å². The lowest BCUT2D eigenvalue weighted by Gasteiger charge is -1.98. The number of aromatic carboxylic acids is 1. The number of benzene rings is 1. The number of azide groups is 1. The largest absolute Gasteiger partial charge is 0.478 e. The molecule has 0 aromatic heterocycles. The Bertz CT molecular complexity index is 375. The minimum atomic E-state index is -1.11. The van der Waals surface area contributed by atoms with Crippen LogP contribution in [0.25, 0.3) is 10.4 Å². The van der Waals surface area contributed by atoms with E-state index in [0.717, 1.165) is 0 Å². The fraction of sp³-hybridized carbons (Fsp3) is 0. The quantitative estimate of drug-likeness (QED) is 0.312. The number of nitrogen functional groups attached to an aromatic ring is 1. The molecule has 0 radical (unpaired) electrons.